The third-order valence-electron chi connectivity index (χ3n) is 4.89. The van der Waals surface area contributed by atoms with Crippen LogP contribution in [0, 0.1) is 6.92 Å². The van der Waals surface area contributed by atoms with Gasteiger partial charge < -0.3 is 16.3 Å². The van der Waals surface area contributed by atoms with E-state index in [9.17, 15) is 13.6 Å². The van der Waals surface area contributed by atoms with Crippen LogP contribution in [0.25, 0.3) is 16.9 Å². The lowest BCUT2D eigenvalue weighted by molar-refractivity contribution is 0.0518. The zero-order valence-electron chi connectivity index (χ0n) is 16.9. The van der Waals surface area contributed by atoms with Crippen molar-refractivity contribution in [3.63, 3.8) is 0 Å². The van der Waals surface area contributed by atoms with Gasteiger partial charge in [0.25, 0.3) is 6.43 Å². The van der Waals surface area contributed by atoms with E-state index in [1.165, 1.54) is 6.07 Å². The summed E-state index contributed by atoms with van der Waals surface area (Å²) >= 11 is 0. The summed E-state index contributed by atoms with van der Waals surface area (Å²) in [6.45, 7) is 1.75. The Kier molecular flexibility index (Phi) is 5.50. The van der Waals surface area contributed by atoms with E-state index in [2.05, 4.69) is 15.2 Å². The number of carbonyl (C=O) groups excluding carboxylic acids is 1. The zero-order valence-corrected chi connectivity index (χ0v) is 16.9. The number of aromatic nitrogens is 3. The number of carbonyl (C=O) groups is 1. The van der Waals surface area contributed by atoms with Crippen LogP contribution in [0.5, 0.6) is 0 Å². The van der Waals surface area contributed by atoms with Gasteiger partial charge in [-0.25, -0.2) is 23.1 Å². The second kappa shape index (κ2) is 8.42. The third-order valence-corrected chi connectivity index (χ3v) is 4.89. The molecule has 0 aliphatic heterocycles. The largest absolute Gasteiger partial charge is 0.398 e. The summed E-state index contributed by atoms with van der Waals surface area (Å²) in [5.74, 6) is -1.01. The van der Waals surface area contributed by atoms with Crippen molar-refractivity contribution in [2.75, 3.05) is 5.73 Å². The lowest BCUT2D eigenvalue weighted by atomic mass is 10.1. The maximum atomic E-state index is 13.7. The number of fused-ring (bicyclic) bond motifs is 1. The van der Waals surface area contributed by atoms with Gasteiger partial charge in [0.1, 0.15) is 11.3 Å². The molecule has 0 aliphatic carbocycles. The van der Waals surface area contributed by atoms with E-state index in [-0.39, 0.29) is 22.7 Å². The lowest BCUT2D eigenvalue weighted by Crippen LogP contribution is -2.17. The van der Waals surface area contributed by atoms with Crippen LogP contribution in [0.3, 0.4) is 0 Å². The first-order valence-corrected chi connectivity index (χ1v) is 9.49. The number of nitrogens with zero attached hydrogens (tertiary/aromatic N) is 4. The molecular formula is C22H18F2N6O2. The zero-order chi connectivity index (χ0) is 22.8. The number of rotatable bonds is 5. The fourth-order valence-electron chi connectivity index (χ4n) is 3.16. The molecule has 2 heterocycles. The van der Waals surface area contributed by atoms with Gasteiger partial charge >= 0.3 is 5.97 Å². The SMILES string of the molecule is Cc1c(N)cccc1/C(N)=N/OC(=O)c1cnn2c(C(F)F)cc(-c3ccccc3)nc12. The molecule has 8 nitrogen and oxygen atoms in total. The number of amidine groups is 1. The molecule has 0 radical (unpaired) electrons. The number of halogens is 2. The summed E-state index contributed by atoms with van der Waals surface area (Å²) in [4.78, 5) is 22.0. The number of hydrogen-bond acceptors (Lipinski definition) is 6. The Morgan fingerprint density at radius 3 is 2.59 bits per heavy atom. The average molecular weight is 436 g/mol. The van der Waals surface area contributed by atoms with Gasteiger partial charge in [0, 0.05) is 16.8 Å². The number of oxime groups is 1. The monoisotopic (exact) mass is 436 g/mol. The van der Waals surface area contributed by atoms with E-state index >= 15 is 0 Å². The minimum absolute atomic E-state index is 0.0640. The predicted octanol–water partition coefficient (Wildman–Crippen LogP) is 3.70. The standard InChI is InChI=1S/C22H18F2N6O2/c1-12-14(8-5-9-16(12)25)20(26)29-32-22(31)15-11-27-30-18(19(23)24)10-17(28-21(15)30)13-6-3-2-4-7-13/h2-11,19H,25H2,1H3,(H2,26,29). The molecule has 0 saturated carbocycles. The first kappa shape index (κ1) is 20.9. The molecular weight excluding hydrogens is 418 g/mol. The first-order chi connectivity index (χ1) is 15.4. The molecule has 0 unspecified atom stereocenters. The summed E-state index contributed by atoms with van der Waals surface area (Å²) in [7, 11) is 0. The Morgan fingerprint density at radius 2 is 1.88 bits per heavy atom. The highest BCUT2D eigenvalue weighted by atomic mass is 19.3. The van der Waals surface area contributed by atoms with Gasteiger partial charge in [-0.2, -0.15) is 5.10 Å². The van der Waals surface area contributed by atoms with E-state index in [0.717, 1.165) is 10.7 Å². The predicted molar refractivity (Wildman–Crippen MR) is 115 cm³/mol. The second-order valence-electron chi connectivity index (χ2n) is 6.90. The molecule has 162 valence electrons. The highest BCUT2D eigenvalue weighted by Gasteiger charge is 2.23. The van der Waals surface area contributed by atoms with Crippen LogP contribution in [0.2, 0.25) is 0 Å². The number of nitrogens with two attached hydrogens (primary N) is 2. The highest BCUT2D eigenvalue weighted by Crippen LogP contribution is 2.27. The molecule has 4 rings (SSSR count). The fourth-order valence-corrected chi connectivity index (χ4v) is 3.16. The quantitative estimate of drug-likeness (QED) is 0.162. The molecule has 0 spiro atoms. The van der Waals surface area contributed by atoms with Gasteiger partial charge in [-0.05, 0) is 24.6 Å². The van der Waals surface area contributed by atoms with Crippen LogP contribution in [0.15, 0.2) is 65.9 Å². The van der Waals surface area contributed by atoms with Gasteiger partial charge in [-0.3, -0.25) is 0 Å². The highest BCUT2D eigenvalue weighted by molar-refractivity contribution is 6.01. The summed E-state index contributed by atoms with van der Waals surface area (Å²) in [5.41, 5.74) is 13.7. The van der Waals surface area contributed by atoms with Crippen LogP contribution < -0.4 is 11.5 Å². The lowest BCUT2D eigenvalue weighted by Gasteiger charge is -2.08. The molecule has 0 amide bonds. The number of nitrogen functional groups attached to an aromatic ring is 1. The Hall–Kier alpha value is -4.34. The summed E-state index contributed by atoms with van der Waals surface area (Å²) < 4.78 is 28.2. The van der Waals surface area contributed by atoms with E-state index < -0.39 is 18.1 Å². The number of alkyl halides is 2. The summed E-state index contributed by atoms with van der Waals surface area (Å²) in [5, 5.41) is 7.56. The van der Waals surface area contributed by atoms with Crippen LogP contribution in [-0.2, 0) is 4.84 Å². The van der Waals surface area contributed by atoms with E-state index in [1.807, 2.05) is 0 Å². The van der Waals surface area contributed by atoms with Crippen molar-refractivity contribution in [3.05, 3.63) is 83.2 Å². The van der Waals surface area contributed by atoms with Crippen molar-refractivity contribution in [1.29, 1.82) is 0 Å². The Balaban J connectivity index is 1.72. The molecule has 32 heavy (non-hydrogen) atoms. The minimum Gasteiger partial charge on any atom is -0.398 e. The van der Waals surface area contributed by atoms with Crippen LogP contribution in [0.4, 0.5) is 14.5 Å². The maximum Gasteiger partial charge on any atom is 0.371 e. The van der Waals surface area contributed by atoms with Gasteiger partial charge in [-0.15, -0.1) is 0 Å². The normalized spacial score (nSPS) is 11.8. The summed E-state index contributed by atoms with van der Waals surface area (Å²) in [6, 6.07) is 15.0. The van der Waals surface area contributed by atoms with Crippen molar-refractivity contribution in [1.82, 2.24) is 14.6 Å². The van der Waals surface area contributed by atoms with Crippen molar-refractivity contribution in [3.8, 4) is 11.3 Å². The Labute approximate surface area is 181 Å². The topological polar surface area (TPSA) is 121 Å². The molecule has 2 aromatic heterocycles. The molecule has 10 heteroatoms. The van der Waals surface area contributed by atoms with Gasteiger partial charge in [-0.1, -0.05) is 47.6 Å². The first-order valence-electron chi connectivity index (χ1n) is 9.49. The molecule has 0 atom stereocenters. The number of benzene rings is 2. The van der Waals surface area contributed by atoms with Crippen LogP contribution in [0.1, 0.15) is 33.6 Å². The van der Waals surface area contributed by atoms with Crippen molar-refractivity contribution in [2.24, 2.45) is 10.9 Å². The summed E-state index contributed by atoms with van der Waals surface area (Å²) in [6.07, 6.45) is -1.74. The molecule has 0 fully saturated rings. The molecule has 0 saturated heterocycles. The van der Waals surface area contributed by atoms with Gasteiger partial charge in [0.05, 0.1) is 11.9 Å². The smallest absolute Gasteiger partial charge is 0.371 e. The van der Waals surface area contributed by atoms with E-state index in [4.69, 9.17) is 16.3 Å². The van der Waals surface area contributed by atoms with Gasteiger partial charge in [0.15, 0.2) is 11.5 Å². The fraction of sp³-hybridized carbons (Fsp3) is 0.0909. The van der Waals surface area contributed by atoms with Crippen LogP contribution in [-0.4, -0.2) is 26.4 Å². The van der Waals surface area contributed by atoms with Crippen molar-refractivity contribution in [2.45, 2.75) is 13.3 Å². The van der Waals surface area contributed by atoms with E-state index in [0.29, 0.717) is 22.4 Å². The van der Waals surface area contributed by atoms with Gasteiger partial charge in [0.2, 0.25) is 0 Å². The molecule has 0 aliphatic rings. The van der Waals surface area contributed by atoms with Crippen molar-refractivity contribution < 1.29 is 18.4 Å². The molecule has 4 N–H and O–H groups in total. The van der Waals surface area contributed by atoms with Crippen molar-refractivity contribution >= 4 is 23.1 Å². The molecule has 0 bridgehead atoms. The molecule has 4 aromatic rings. The number of hydrogen-bond donors (Lipinski definition) is 2. The minimum atomic E-state index is -2.84. The van der Waals surface area contributed by atoms with Crippen LogP contribution >= 0.6 is 0 Å². The maximum absolute atomic E-state index is 13.7. The third kappa shape index (κ3) is 3.85. The molecule has 2 aromatic carbocycles. The van der Waals surface area contributed by atoms with E-state index in [1.54, 1.807) is 55.5 Å². The Morgan fingerprint density at radius 1 is 1.12 bits per heavy atom. The Bertz CT molecular complexity index is 1340. The average Bonchev–Trinajstić information content (AvgIpc) is 3.23. The number of anilines is 1. The second-order valence-corrected chi connectivity index (χ2v) is 6.90.